The number of fused-ring (bicyclic) bond motifs is 1. The third kappa shape index (κ3) is 3.56. The van der Waals surface area contributed by atoms with E-state index in [-0.39, 0.29) is 29.2 Å². The van der Waals surface area contributed by atoms with E-state index in [0.717, 1.165) is 0 Å². The molecule has 0 fully saturated rings. The number of carboxylic acids is 1. The second-order valence-electron chi connectivity index (χ2n) is 5.96. The second kappa shape index (κ2) is 6.74. The zero-order valence-corrected chi connectivity index (χ0v) is 13.6. The van der Waals surface area contributed by atoms with Gasteiger partial charge in [-0.1, -0.05) is 13.8 Å². The van der Waals surface area contributed by atoms with Crippen LogP contribution in [0.2, 0.25) is 0 Å². The van der Waals surface area contributed by atoms with Crippen LogP contribution in [0.15, 0.2) is 27.4 Å². The number of carboxylic acid groups (broad SMARTS) is 1. The number of carbonyl (C=O) groups excluding carboxylic acids is 2. The molecule has 0 radical (unpaired) electrons. The molecule has 0 unspecified atom stereocenters. The summed E-state index contributed by atoms with van der Waals surface area (Å²) in [4.78, 5) is 35.2. The van der Waals surface area contributed by atoms with E-state index < -0.39 is 23.5 Å². The first-order chi connectivity index (χ1) is 11.2. The highest BCUT2D eigenvalue weighted by molar-refractivity contribution is 5.87. The Morgan fingerprint density at radius 3 is 2.58 bits per heavy atom. The number of phenols is 1. The van der Waals surface area contributed by atoms with Crippen LogP contribution in [0.3, 0.4) is 0 Å². The molecule has 7 heteroatoms. The average molecular weight is 332 g/mol. The Hall–Kier alpha value is -2.83. The summed E-state index contributed by atoms with van der Waals surface area (Å²) < 4.78 is 5.13. The molecule has 0 aliphatic rings. The molecule has 2 aromatic rings. The summed E-state index contributed by atoms with van der Waals surface area (Å²) in [6.45, 7) is 4.95. The van der Waals surface area contributed by atoms with E-state index in [0.29, 0.717) is 10.9 Å². The number of hydrogen-bond acceptors (Lipinski definition) is 6. The Labute approximate surface area is 137 Å². The predicted octanol–water partition coefficient (Wildman–Crippen LogP) is 0.240. The predicted molar refractivity (Wildman–Crippen MR) is 84.4 cm³/mol. The first-order valence-electron chi connectivity index (χ1n) is 7.46. The number of rotatable bonds is 5. The molecule has 1 amide bonds. The highest BCUT2D eigenvalue weighted by Crippen LogP contribution is 2.23. The van der Waals surface area contributed by atoms with Crippen LogP contribution in [0.4, 0.5) is 0 Å². The fourth-order valence-electron chi connectivity index (χ4n) is 2.47. The van der Waals surface area contributed by atoms with Crippen LogP contribution in [-0.2, 0) is 16.0 Å². The molecule has 0 spiro atoms. The van der Waals surface area contributed by atoms with Gasteiger partial charge >= 0.3 is 5.63 Å². The highest BCUT2D eigenvalue weighted by Gasteiger charge is 2.20. The van der Waals surface area contributed by atoms with Crippen LogP contribution in [0.25, 0.3) is 11.0 Å². The Morgan fingerprint density at radius 1 is 1.33 bits per heavy atom. The van der Waals surface area contributed by atoms with Gasteiger partial charge in [-0.3, -0.25) is 4.79 Å². The number of phenolic OH excluding ortho intramolecular Hbond substituents is 1. The zero-order chi connectivity index (χ0) is 18.0. The minimum Gasteiger partial charge on any atom is -0.548 e. The fourth-order valence-corrected chi connectivity index (χ4v) is 2.47. The molecule has 1 heterocycles. The van der Waals surface area contributed by atoms with Gasteiger partial charge in [0, 0.05) is 11.5 Å². The van der Waals surface area contributed by atoms with Gasteiger partial charge in [0.05, 0.1) is 24.0 Å². The Kier molecular flexibility index (Phi) is 4.92. The smallest absolute Gasteiger partial charge is 0.340 e. The van der Waals surface area contributed by atoms with Crippen molar-refractivity contribution < 1.29 is 24.2 Å². The van der Waals surface area contributed by atoms with E-state index in [4.69, 9.17) is 4.42 Å². The van der Waals surface area contributed by atoms with E-state index in [1.165, 1.54) is 12.1 Å². The highest BCUT2D eigenvalue weighted by atomic mass is 16.4. The Morgan fingerprint density at radius 2 is 2.00 bits per heavy atom. The Balaban J connectivity index is 2.33. The molecule has 0 aliphatic carbocycles. The van der Waals surface area contributed by atoms with Gasteiger partial charge in [0.2, 0.25) is 5.91 Å². The maximum atomic E-state index is 12.1. The lowest BCUT2D eigenvalue weighted by atomic mass is 10.0. The molecule has 0 bridgehead atoms. The van der Waals surface area contributed by atoms with Gasteiger partial charge in [-0.15, -0.1) is 0 Å². The summed E-state index contributed by atoms with van der Waals surface area (Å²) in [6, 6.07) is 3.22. The third-order valence-electron chi connectivity index (χ3n) is 3.85. The van der Waals surface area contributed by atoms with Crippen molar-refractivity contribution in [2.24, 2.45) is 5.92 Å². The monoisotopic (exact) mass is 332 g/mol. The summed E-state index contributed by atoms with van der Waals surface area (Å²) >= 11 is 0. The van der Waals surface area contributed by atoms with Crippen molar-refractivity contribution in [2.45, 2.75) is 33.2 Å². The molecule has 0 saturated heterocycles. The maximum absolute atomic E-state index is 12.1. The van der Waals surface area contributed by atoms with Crippen LogP contribution in [0.1, 0.15) is 25.0 Å². The molecule has 1 atom stereocenters. The van der Waals surface area contributed by atoms with Gasteiger partial charge in [0.1, 0.15) is 11.3 Å². The minimum absolute atomic E-state index is 0.0377. The number of amides is 1. The molecular weight excluding hydrogens is 314 g/mol. The van der Waals surface area contributed by atoms with Gasteiger partial charge in [-0.2, -0.15) is 0 Å². The van der Waals surface area contributed by atoms with E-state index in [1.54, 1.807) is 26.8 Å². The maximum Gasteiger partial charge on any atom is 0.340 e. The van der Waals surface area contributed by atoms with Crippen LogP contribution in [0, 0.1) is 12.8 Å². The van der Waals surface area contributed by atoms with Crippen LogP contribution in [-0.4, -0.2) is 23.0 Å². The van der Waals surface area contributed by atoms with Crippen molar-refractivity contribution in [3.05, 3.63) is 39.7 Å². The van der Waals surface area contributed by atoms with E-state index in [2.05, 4.69) is 5.32 Å². The van der Waals surface area contributed by atoms with Gasteiger partial charge < -0.3 is 24.7 Å². The molecular formula is C17H18NO6-. The van der Waals surface area contributed by atoms with Crippen molar-refractivity contribution in [3.8, 4) is 5.75 Å². The molecule has 24 heavy (non-hydrogen) atoms. The molecule has 2 rings (SSSR count). The van der Waals surface area contributed by atoms with E-state index in [1.807, 2.05) is 0 Å². The van der Waals surface area contributed by atoms with Crippen molar-refractivity contribution >= 4 is 22.8 Å². The lowest BCUT2D eigenvalue weighted by molar-refractivity contribution is -0.309. The van der Waals surface area contributed by atoms with E-state index >= 15 is 0 Å². The van der Waals surface area contributed by atoms with Gasteiger partial charge in [0.15, 0.2) is 0 Å². The van der Waals surface area contributed by atoms with Crippen molar-refractivity contribution in [1.82, 2.24) is 5.32 Å². The number of hydrogen-bond donors (Lipinski definition) is 2. The van der Waals surface area contributed by atoms with Crippen LogP contribution in [0.5, 0.6) is 5.75 Å². The number of carbonyl (C=O) groups is 2. The van der Waals surface area contributed by atoms with Crippen molar-refractivity contribution in [1.29, 1.82) is 0 Å². The van der Waals surface area contributed by atoms with E-state index in [9.17, 15) is 24.6 Å². The summed E-state index contributed by atoms with van der Waals surface area (Å²) in [5.41, 5.74) is 0.212. The first-order valence-corrected chi connectivity index (χ1v) is 7.46. The molecule has 2 N–H and O–H groups in total. The number of aryl methyl sites for hydroxylation is 1. The minimum atomic E-state index is -1.38. The standard InChI is InChI=1S/C17H19NO6/c1-8(2)15(16(21)22)18-14(20)7-12-9(3)11-5-4-10(19)6-13(11)24-17(12)23/h4-6,8,15,19H,7H2,1-3H3,(H,18,20)(H,21,22)/p-1/t15-/m0/s1. The van der Waals surface area contributed by atoms with Gasteiger partial charge in [-0.25, -0.2) is 4.79 Å². The van der Waals surface area contributed by atoms with Gasteiger partial charge in [-0.05, 0) is 30.5 Å². The van der Waals surface area contributed by atoms with Crippen LogP contribution >= 0.6 is 0 Å². The fraction of sp³-hybridized carbons (Fsp3) is 0.353. The topological polar surface area (TPSA) is 120 Å². The number of aromatic hydroxyl groups is 1. The lowest BCUT2D eigenvalue weighted by Gasteiger charge is -2.23. The van der Waals surface area contributed by atoms with Crippen LogP contribution < -0.4 is 16.0 Å². The number of benzene rings is 1. The normalized spacial score (nSPS) is 12.3. The van der Waals surface area contributed by atoms with Crippen molar-refractivity contribution in [3.63, 3.8) is 0 Å². The number of nitrogens with one attached hydrogen (secondary N) is 1. The van der Waals surface area contributed by atoms with Crippen molar-refractivity contribution in [2.75, 3.05) is 0 Å². The molecule has 0 aliphatic heterocycles. The number of aliphatic carboxylic acids is 1. The summed E-state index contributed by atoms with van der Waals surface area (Å²) in [5.74, 6) is -2.37. The summed E-state index contributed by atoms with van der Waals surface area (Å²) in [7, 11) is 0. The molecule has 1 aromatic carbocycles. The zero-order valence-electron chi connectivity index (χ0n) is 13.6. The van der Waals surface area contributed by atoms with Gasteiger partial charge in [0.25, 0.3) is 0 Å². The second-order valence-corrected chi connectivity index (χ2v) is 5.96. The quantitative estimate of drug-likeness (QED) is 0.757. The third-order valence-corrected chi connectivity index (χ3v) is 3.85. The molecule has 1 aromatic heterocycles. The SMILES string of the molecule is Cc1c(CC(=O)N[C@H](C(=O)[O-])C(C)C)c(=O)oc2cc(O)ccc12. The summed E-state index contributed by atoms with van der Waals surface area (Å²) in [5, 5.41) is 23.4. The summed E-state index contributed by atoms with van der Waals surface area (Å²) in [6.07, 6.45) is -0.304. The molecule has 128 valence electrons. The molecule has 0 saturated carbocycles. The largest absolute Gasteiger partial charge is 0.548 e. The first kappa shape index (κ1) is 17.5. The average Bonchev–Trinajstić information content (AvgIpc) is 2.48. The lowest BCUT2D eigenvalue weighted by Crippen LogP contribution is -2.51. The Bertz CT molecular complexity index is 852. The molecule has 7 nitrogen and oxygen atoms in total.